The first-order valence-corrected chi connectivity index (χ1v) is 8.39. The van der Waals surface area contributed by atoms with Crippen LogP contribution in [0.3, 0.4) is 0 Å². The summed E-state index contributed by atoms with van der Waals surface area (Å²) < 4.78 is 21.0. The highest BCUT2D eigenvalue weighted by atomic mass is 16.5. The van der Waals surface area contributed by atoms with E-state index in [1.165, 1.54) is 27.4 Å². The van der Waals surface area contributed by atoms with Gasteiger partial charge in [0.25, 0.3) is 0 Å². The predicted molar refractivity (Wildman–Crippen MR) is 100 cm³/mol. The van der Waals surface area contributed by atoms with Crippen LogP contribution in [0.5, 0.6) is 11.5 Å². The minimum Gasteiger partial charge on any atom is -0.493 e. The quantitative estimate of drug-likeness (QED) is 0.491. The normalized spacial score (nSPS) is 11.8. The van der Waals surface area contributed by atoms with Crippen molar-refractivity contribution in [2.75, 3.05) is 21.3 Å². The summed E-state index contributed by atoms with van der Waals surface area (Å²) in [6.45, 7) is 0. The first-order valence-electron chi connectivity index (χ1n) is 8.39. The van der Waals surface area contributed by atoms with Gasteiger partial charge in [0.15, 0.2) is 11.3 Å². The summed E-state index contributed by atoms with van der Waals surface area (Å²) in [5, 5.41) is 0.596. The van der Waals surface area contributed by atoms with Crippen molar-refractivity contribution in [3.63, 3.8) is 0 Å². The van der Waals surface area contributed by atoms with Gasteiger partial charge in [0.05, 0.1) is 27.2 Å². The molecule has 0 amide bonds. The maximum atomic E-state index is 12.5. The van der Waals surface area contributed by atoms with Gasteiger partial charge in [0, 0.05) is 11.5 Å². The highest BCUT2D eigenvalue weighted by Gasteiger charge is 2.27. The van der Waals surface area contributed by atoms with Crippen molar-refractivity contribution in [1.82, 2.24) is 0 Å². The van der Waals surface area contributed by atoms with Crippen molar-refractivity contribution in [2.24, 2.45) is 0 Å². The molecule has 0 aliphatic carbocycles. The van der Waals surface area contributed by atoms with Gasteiger partial charge in [-0.3, -0.25) is 4.79 Å². The summed E-state index contributed by atoms with van der Waals surface area (Å²) in [7, 11) is 4.29. The monoisotopic (exact) mass is 368 g/mol. The highest BCUT2D eigenvalue weighted by Crippen LogP contribution is 2.38. The molecule has 0 N–H and O–H groups in total. The number of esters is 1. The molecule has 0 aliphatic heterocycles. The summed E-state index contributed by atoms with van der Waals surface area (Å²) >= 11 is 0. The minimum atomic E-state index is -0.665. The van der Waals surface area contributed by atoms with Gasteiger partial charge >= 0.3 is 11.6 Å². The lowest BCUT2D eigenvalue weighted by Crippen LogP contribution is -2.19. The van der Waals surface area contributed by atoms with Crippen LogP contribution in [0, 0.1) is 0 Å². The Morgan fingerprint density at radius 3 is 2.41 bits per heavy atom. The first-order chi connectivity index (χ1) is 13.1. The molecule has 1 atom stereocenters. The zero-order valence-electron chi connectivity index (χ0n) is 15.4. The van der Waals surface area contributed by atoms with Crippen molar-refractivity contribution >= 4 is 16.9 Å². The Bertz CT molecular complexity index is 1010. The Morgan fingerprint density at radius 1 is 1.04 bits per heavy atom. The Hall–Kier alpha value is -3.28. The number of methoxy groups -OCH3 is 3. The third kappa shape index (κ3) is 3.65. The number of hydrogen-bond donors (Lipinski definition) is 0. The van der Waals surface area contributed by atoms with Crippen LogP contribution in [0.15, 0.2) is 57.7 Å². The van der Waals surface area contributed by atoms with E-state index in [-0.39, 0.29) is 5.58 Å². The summed E-state index contributed by atoms with van der Waals surface area (Å²) in [6.07, 6.45) is 0.389. The molecular formula is C21H20O6. The lowest BCUT2D eigenvalue weighted by atomic mass is 9.90. The number of hydrogen-bond acceptors (Lipinski definition) is 6. The van der Waals surface area contributed by atoms with Gasteiger partial charge in [-0.25, -0.2) is 4.79 Å². The van der Waals surface area contributed by atoms with Crippen LogP contribution in [-0.4, -0.2) is 27.3 Å². The average Bonchev–Trinajstić information content (AvgIpc) is 2.70. The summed E-state index contributed by atoms with van der Waals surface area (Å²) in [4.78, 5) is 24.8. The van der Waals surface area contributed by atoms with Crippen LogP contribution in [0.1, 0.15) is 17.0 Å². The number of ether oxygens (including phenoxy) is 3. The second-order valence-corrected chi connectivity index (χ2v) is 5.96. The van der Waals surface area contributed by atoms with E-state index in [2.05, 4.69) is 0 Å². The molecule has 27 heavy (non-hydrogen) atoms. The van der Waals surface area contributed by atoms with Crippen LogP contribution in [-0.2, 0) is 16.0 Å². The topological polar surface area (TPSA) is 75.0 Å². The lowest BCUT2D eigenvalue weighted by molar-refractivity contribution is -0.142. The van der Waals surface area contributed by atoms with Gasteiger partial charge in [-0.1, -0.05) is 30.3 Å². The molecule has 140 valence electrons. The SMILES string of the molecule is COC(=O)[C@@H](Cc1ccccc1)c1cc(=O)oc2c(OC)c(OC)ccc12. The minimum absolute atomic E-state index is 0.237. The standard InChI is InChI=1S/C21H20O6/c1-24-17-10-9-14-15(12-18(22)27-19(14)20(17)25-2)16(21(23)26-3)11-13-7-5-4-6-8-13/h4-10,12,16H,11H2,1-3H3/t16-/m0/s1. The third-order valence-corrected chi connectivity index (χ3v) is 4.43. The molecule has 0 aliphatic rings. The van der Waals surface area contributed by atoms with Crippen molar-refractivity contribution in [1.29, 1.82) is 0 Å². The smallest absolute Gasteiger partial charge is 0.336 e. The van der Waals surface area contributed by atoms with Gasteiger partial charge in [0.2, 0.25) is 5.75 Å². The fourth-order valence-corrected chi connectivity index (χ4v) is 3.16. The van der Waals surface area contributed by atoms with Gasteiger partial charge in [-0.15, -0.1) is 0 Å². The average molecular weight is 368 g/mol. The molecule has 1 aromatic heterocycles. The number of rotatable bonds is 6. The fraction of sp³-hybridized carbons (Fsp3) is 0.238. The first kappa shape index (κ1) is 18.5. The molecule has 3 rings (SSSR count). The van der Waals surface area contributed by atoms with E-state index >= 15 is 0 Å². The number of fused-ring (bicyclic) bond motifs is 1. The predicted octanol–water partition coefficient (Wildman–Crippen LogP) is 3.31. The van der Waals surface area contributed by atoms with E-state index < -0.39 is 17.5 Å². The zero-order valence-corrected chi connectivity index (χ0v) is 15.4. The molecule has 3 aromatic rings. The maximum absolute atomic E-state index is 12.5. The number of carbonyl (C=O) groups is 1. The van der Waals surface area contributed by atoms with Crippen LogP contribution in [0.4, 0.5) is 0 Å². The van der Waals surface area contributed by atoms with Crippen LogP contribution in [0.25, 0.3) is 11.0 Å². The van der Waals surface area contributed by atoms with Crippen LogP contribution >= 0.6 is 0 Å². The molecule has 0 saturated carbocycles. The number of benzene rings is 2. The molecule has 1 heterocycles. The molecule has 0 radical (unpaired) electrons. The Labute approximate surface area is 156 Å². The molecule has 0 saturated heterocycles. The molecule has 0 fully saturated rings. The maximum Gasteiger partial charge on any atom is 0.336 e. The number of carbonyl (C=O) groups excluding carboxylic acids is 1. The van der Waals surface area contributed by atoms with Gasteiger partial charge < -0.3 is 18.6 Å². The summed E-state index contributed by atoms with van der Waals surface area (Å²) in [5.74, 6) is -0.358. The molecular weight excluding hydrogens is 348 g/mol. The van der Waals surface area contributed by atoms with E-state index in [1.54, 1.807) is 12.1 Å². The van der Waals surface area contributed by atoms with E-state index in [0.29, 0.717) is 28.9 Å². The van der Waals surface area contributed by atoms with E-state index in [9.17, 15) is 9.59 Å². The Balaban J connectivity index is 2.22. The Kier molecular flexibility index (Phi) is 5.45. The molecule has 0 bridgehead atoms. The van der Waals surface area contributed by atoms with Gasteiger partial charge in [0.1, 0.15) is 0 Å². The van der Waals surface area contributed by atoms with Crippen molar-refractivity contribution in [2.45, 2.75) is 12.3 Å². The van der Waals surface area contributed by atoms with E-state index in [1.807, 2.05) is 30.3 Å². The highest BCUT2D eigenvalue weighted by molar-refractivity contribution is 5.92. The molecule has 6 nitrogen and oxygen atoms in total. The molecule has 0 spiro atoms. The Morgan fingerprint density at radius 2 is 1.78 bits per heavy atom. The van der Waals surface area contributed by atoms with E-state index in [4.69, 9.17) is 18.6 Å². The zero-order chi connectivity index (χ0) is 19.4. The van der Waals surface area contributed by atoms with Gasteiger partial charge in [-0.2, -0.15) is 0 Å². The second kappa shape index (κ2) is 7.95. The van der Waals surface area contributed by atoms with Crippen molar-refractivity contribution in [3.05, 3.63) is 70.1 Å². The van der Waals surface area contributed by atoms with E-state index in [0.717, 1.165) is 5.56 Å². The second-order valence-electron chi connectivity index (χ2n) is 5.96. The summed E-state index contributed by atoms with van der Waals surface area (Å²) in [6, 6.07) is 14.3. The third-order valence-electron chi connectivity index (χ3n) is 4.43. The summed E-state index contributed by atoms with van der Waals surface area (Å²) in [5.41, 5.74) is 1.14. The largest absolute Gasteiger partial charge is 0.493 e. The van der Waals surface area contributed by atoms with Crippen molar-refractivity contribution in [3.8, 4) is 11.5 Å². The van der Waals surface area contributed by atoms with Crippen LogP contribution < -0.4 is 15.1 Å². The molecule has 2 aromatic carbocycles. The van der Waals surface area contributed by atoms with Crippen molar-refractivity contribution < 1.29 is 23.4 Å². The lowest BCUT2D eigenvalue weighted by Gasteiger charge is -2.18. The van der Waals surface area contributed by atoms with Crippen LogP contribution in [0.2, 0.25) is 0 Å². The molecule has 6 heteroatoms. The molecule has 0 unspecified atom stereocenters. The van der Waals surface area contributed by atoms with Gasteiger partial charge in [-0.05, 0) is 29.7 Å². The fourth-order valence-electron chi connectivity index (χ4n) is 3.16.